The molecule has 0 spiro atoms. The first-order chi connectivity index (χ1) is 10.7. The molecule has 1 fully saturated rings. The molecule has 1 aliphatic heterocycles. The average Bonchev–Trinajstić information content (AvgIpc) is 2.52. The number of carboxylic acids is 1. The summed E-state index contributed by atoms with van der Waals surface area (Å²) in [4.78, 5) is 25.9. The monoisotopic (exact) mass is 335 g/mol. The third-order valence-electron chi connectivity index (χ3n) is 2.99. The molecule has 12 heteroatoms. The molecule has 2 heterocycles. The third-order valence-corrected chi connectivity index (χ3v) is 2.99. The topological polar surface area (TPSA) is 116 Å². The van der Waals surface area contributed by atoms with Crippen molar-refractivity contribution in [1.82, 2.24) is 26.5 Å². The van der Waals surface area contributed by atoms with Crippen molar-refractivity contribution in [2.45, 2.75) is 18.3 Å². The number of hydrazine groups is 3. The standard InChI is InChI=1S/C11H12F3N5O4/c1-23-10(22)19-17-7(8(9(20)21)16-18-19)5-2-3-6(15-4-5)11(12,13)14/h2-4,7-8,16-18H,1H3,(H,20,21). The smallest absolute Gasteiger partial charge is 0.440 e. The number of carbonyl (C=O) groups excluding carboxylic acids is 1. The summed E-state index contributed by atoms with van der Waals surface area (Å²) in [6.45, 7) is 0. The molecule has 0 aromatic carbocycles. The van der Waals surface area contributed by atoms with Crippen LogP contribution in [0.3, 0.4) is 0 Å². The molecule has 1 aromatic heterocycles. The van der Waals surface area contributed by atoms with Gasteiger partial charge in [0, 0.05) is 6.20 Å². The summed E-state index contributed by atoms with van der Waals surface area (Å²) in [5, 5.41) is 9.88. The number of carbonyl (C=O) groups is 2. The molecule has 126 valence electrons. The number of hydrogen-bond acceptors (Lipinski definition) is 7. The van der Waals surface area contributed by atoms with E-state index in [0.29, 0.717) is 0 Å². The molecule has 1 amide bonds. The summed E-state index contributed by atoms with van der Waals surface area (Å²) in [5.41, 5.74) is 6.11. The SMILES string of the molecule is COC(=O)N1NNC(C(=O)O)C(c2ccc(C(F)(F)F)nc2)N1. The van der Waals surface area contributed by atoms with E-state index in [0.717, 1.165) is 30.6 Å². The Morgan fingerprint density at radius 1 is 1.39 bits per heavy atom. The Kier molecular flexibility index (Phi) is 4.68. The van der Waals surface area contributed by atoms with Crippen molar-refractivity contribution in [3.8, 4) is 0 Å². The summed E-state index contributed by atoms with van der Waals surface area (Å²) in [6, 6.07) is -0.538. The van der Waals surface area contributed by atoms with Crippen LogP contribution in [-0.2, 0) is 15.7 Å². The fourth-order valence-corrected chi connectivity index (χ4v) is 1.88. The number of methoxy groups -OCH3 is 1. The summed E-state index contributed by atoms with van der Waals surface area (Å²) in [5.74, 6) is -1.29. The van der Waals surface area contributed by atoms with Crippen molar-refractivity contribution in [3.63, 3.8) is 0 Å². The summed E-state index contributed by atoms with van der Waals surface area (Å²) < 4.78 is 42.0. The van der Waals surface area contributed by atoms with E-state index in [1.54, 1.807) is 0 Å². The van der Waals surface area contributed by atoms with Gasteiger partial charge in [-0.2, -0.15) is 18.3 Å². The zero-order chi connectivity index (χ0) is 17.2. The van der Waals surface area contributed by atoms with E-state index < -0.39 is 36.0 Å². The van der Waals surface area contributed by atoms with Crippen molar-refractivity contribution >= 4 is 12.1 Å². The van der Waals surface area contributed by atoms with Crippen LogP contribution in [0.25, 0.3) is 0 Å². The maximum absolute atomic E-state index is 12.5. The second-order valence-electron chi connectivity index (χ2n) is 4.46. The van der Waals surface area contributed by atoms with E-state index in [1.165, 1.54) is 0 Å². The predicted molar refractivity (Wildman–Crippen MR) is 67.1 cm³/mol. The van der Waals surface area contributed by atoms with Crippen molar-refractivity contribution in [2.24, 2.45) is 0 Å². The van der Waals surface area contributed by atoms with Gasteiger partial charge in [-0.3, -0.25) is 9.78 Å². The molecule has 1 aromatic rings. The van der Waals surface area contributed by atoms with Crippen LogP contribution in [0.15, 0.2) is 18.3 Å². The molecule has 9 nitrogen and oxygen atoms in total. The number of ether oxygens (including phenoxy) is 1. The van der Waals surface area contributed by atoms with Crippen LogP contribution in [0.5, 0.6) is 0 Å². The van der Waals surface area contributed by atoms with Gasteiger partial charge in [-0.15, -0.1) is 5.53 Å². The highest BCUT2D eigenvalue weighted by molar-refractivity contribution is 5.75. The first-order valence-electron chi connectivity index (χ1n) is 6.15. The van der Waals surface area contributed by atoms with Gasteiger partial charge in [0.25, 0.3) is 0 Å². The Morgan fingerprint density at radius 2 is 2.09 bits per heavy atom. The zero-order valence-corrected chi connectivity index (χ0v) is 11.6. The number of amides is 1. The molecule has 2 unspecified atom stereocenters. The summed E-state index contributed by atoms with van der Waals surface area (Å²) in [6.07, 6.45) is -4.60. The van der Waals surface area contributed by atoms with Crippen LogP contribution in [0.4, 0.5) is 18.0 Å². The quantitative estimate of drug-likeness (QED) is 0.605. The average molecular weight is 335 g/mol. The molecular formula is C11H12F3N5O4. The molecule has 1 saturated heterocycles. The maximum Gasteiger partial charge on any atom is 0.440 e. The first-order valence-corrected chi connectivity index (χ1v) is 6.15. The van der Waals surface area contributed by atoms with Crippen LogP contribution in [0, 0.1) is 0 Å². The minimum atomic E-state index is -4.61. The van der Waals surface area contributed by atoms with Crippen LogP contribution >= 0.6 is 0 Å². The van der Waals surface area contributed by atoms with Crippen LogP contribution in [-0.4, -0.2) is 40.4 Å². The Bertz CT molecular complexity index is 594. The van der Waals surface area contributed by atoms with E-state index >= 15 is 0 Å². The van der Waals surface area contributed by atoms with Crippen molar-refractivity contribution < 1.29 is 32.6 Å². The third kappa shape index (κ3) is 3.67. The minimum Gasteiger partial charge on any atom is -0.480 e. The normalized spacial score (nSPS) is 21.8. The lowest BCUT2D eigenvalue weighted by molar-refractivity contribution is -0.145. The van der Waals surface area contributed by atoms with E-state index in [2.05, 4.69) is 26.1 Å². The van der Waals surface area contributed by atoms with E-state index in [-0.39, 0.29) is 5.56 Å². The van der Waals surface area contributed by atoms with Gasteiger partial charge in [0.1, 0.15) is 11.7 Å². The van der Waals surface area contributed by atoms with Gasteiger partial charge >= 0.3 is 18.2 Å². The van der Waals surface area contributed by atoms with Gasteiger partial charge in [-0.1, -0.05) is 6.07 Å². The zero-order valence-electron chi connectivity index (χ0n) is 11.6. The van der Waals surface area contributed by atoms with Gasteiger partial charge in [0.05, 0.1) is 13.2 Å². The second kappa shape index (κ2) is 6.36. The Labute approximate surface area is 127 Å². The minimum absolute atomic E-state index is 0.133. The number of nitrogens with one attached hydrogen (secondary N) is 3. The van der Waals surface area contributed by atoms with E-state index in [9.17, 15) is 22.8 Å². The lowest BCUT2D eigenvalue weighted by Gasteiger charge is -2.37. The molecule has 0 radical (unpaired) electrons. The van der Waals surface area contributed by atoms with Crippen LogP contribution < -0.4 is 16.4 Å². The second-order valence-corrected chi connectivity index (χ2v) is 4.46. The van der Waals surface area contributed by atoms with Crippen molar-refractivity contribution in [1.29, 1.82) is 0 Å². The number of nitrogens with zero attached hydrogens (tertiary/aromatic N) is 2. The summed E-state index contributed by atoms with van der Waals surface area (Å²) >= 11 is 0. The predicted octanol–water partition coefficient (Wildman–Crippen LogP) is 0.191. The van der Waals surface area contributed by atoms with Gasteiger partial charge in [0.2, 0.25) is 0 Å². The number of carboxylic acid groups (broad SMARTS) is 1. The van der Waals surface area contributed by atoms with Gasteiger partial charge in [0.15, 0.2) is 0 Å². The number of aliphatic carboxylic acids is 1. The summed E-state index contributed by atoms with van der Waals surface area (Å²) in [7, 11) is 1.10. The molecule has 4 N–H and O–H groups in total. The largest absolute Gasteiger partial charge is 0.480 e. The van der Waals surface area contributed by atoms with E-state index in [1.807, 2.05) is 0 Å². The van der Waals surface area contributed by atoms with Gasteiger partial charge in [-0.05, 0) is 11.6 Å². The number of rotatable bonds is 2. The number of aromatic nitrogens is 1. The van der Waals surface area contributed by atoms with E-state index in [4.69, 9.17) is 5.11 Å². The van der Waals surface area contributed by atoms with Gasteiger partial charge < -0.3 is 9.84 Å². The van der Waals surface area contributed by atoms with Crippen molar-refractivity contribution in [3.05, 3.63) is 29.6 Å². The highest BCUT2D eigenvalue weighted by Crippen LogP contribution is 2.28. The lowest BCUT2D eigenvalue weighted by Crippen LogP contribution is -2.69. The molecule has 2 atom stereocenters. The van der Waals surface area contributed by atoms with Gasteiger partial charge in [-0.25, -0.2) is 15.6 Å². The molecule has 23 heavy (non-hydrogen) atoms. The Morgan fingerprint density at radius 3 is 2.57 bits per heavy atom. The first kappa shape index (κ1) is 16.9. The fraction of sp³-hybridized carbons (Fsp3) is 0.364. The highest BCUT2D eigenvalue weighted by atomic mass is 19.4. The van der Waals surface area contributed by atoms with Crippen LogP contribution in [0.2, 0.25) is 0 Å². The molecule has 0 bridgehead atoms. The molecule has 0 saturated carbocycles. The molecule has 2 rings (SSSR count). The molecule has 1 aliphatic rings. The fourth-order valence-electron chi connectivity index (χ4n) is 1.88. The number of halogens is 3. The maximum atomic E-state index is 12.5. The van der Waals surface area contributed by atoms with Crippen LogP contribution in [0.1, 0.15) is 17.3 Å². The highest BCUT2D eigenvalue weighted by Gasteiger charge is 2.38. The number of hydrogen-bond donors (Lipinski definition) is 4. The molecule has 0 aliphatic carbocycles. The Hall–Kier alpha value is -2.44. The number of pyridine rings is 1. The molecular weight excluding hydrogens is 323 g/mol. The number of alkyl halides is 3. The lowest BCUT2D eigenvalue weighted by atomic mass is 10.0. The Balaban J connectivity index is 2.27. The van der Waals surface area contributed by atoms with Crippen molar-refractivity contribution in [2.75, 3.05) is 7.11 Å².